The first-order chi connectivity index (χ1) is 22.1. The molecule has 3 aromatic carbocycles. The maximum absolute atomic E-state index is 14.1. The van der Waals surface area contributed by atoms with E-state index in [2.05, 4.69) is 15.5 Å². The minimum absolute atomic E-state index is 0.126. The topological polar surface area (TPSA) is 117 Å². The number of hydrogen-bond acceptors (Lipinski definition) is 7. The van der Waals surface area contributed by atoms with E-state index in [0.29, 0.717) is 11.4 Å². The molecule has 10 heteroatoms. The first kappa shape index (κ1) is 32.5. The lowest BCUT2D eigenvalue weighted by atomic mass is 9.93. The van der Waals surface area contributed by atoms with Crippen molar-refractivity contribution in [3.05, 3.63) is 90.0 Å². The molecular formula is C36H42N4O6. The highest BCUT2D eigenvalue weighted by atomic mass is 16.6. The van der Waals surface area contributed by atoms with Crippen LogP contribution in [-0.2, 0) is 25.7 Å². The van der Waals surface area contributed by atoms with Crippen molar-refractivity contribution in [1.82, 2.24) is 5.32 Å². The van der Waals surface area contributed by atoms with E-state index < -0.39 is 35.5 Å². The molecule has 0 bridgehead atoms. The molecule has 2 N–H and O–H groups in total. The zero-order valence-corrected chi connectivity index (χ0v) is 26.7. The standard InChI is InChI=1S/C36H42N4O6/c1-36(2,3)46-32(41)23-40-31-20-11-10-19-30(31)39(28-17-8-5-9-18-28)22-29(33(40)42)38-35(44)37-27-16-12-15-26(21-27)34(43)45-24-25-13-6-4-7-14-25/h4,6-7,10-16,19-21,28-29H,5,8-9,17-18,22-24H2,1-3H3,(H2,37,38,44). The zero-order chi connectivity index (χ0) is 32.7. The number of para-hydroxylation sites is 2. The van der Waals surface area contributed by atoms with Crippen LogP contribution in [0.25, 0.3) is 0 Å². The summed E-state index contributed by atoms with van der Waals surface area (Å²) < 4.78 is 11.0. The fourth-order valence-corrected chi connectivity index (χ4v) is 5.98. The molecule has 3 amide bonds. The van der Waals surface area contributed by atoms with Gasteiger partial charge in [-0.2, -0.15) is 0 Å². The maximum atomic E-state index is 14.1. The van der Waals surface area contributed by atoms with Crippen molar-refractivity contribution in [2.75, 3.05) is 28.2 Å². The number of nitrogens with one attached hydrogen (secondary N) is 2. The highest BCUT2D eigenvalue weighted by Crippen LogP contribution is 2.37. The molecule has 2 aliphatic rings. The van der Waals surface area contributed by atoms with E-state index >= 15 is 0 Å². The molecule has 242 valence electrons. The summed E-state index contributed by atoms with van der Waals surface area (Å²) in [6.45, 7) is 5.41. The number of amides is 3. The Morgan fingerprint density at radius 1 is 0.870 bits per heavy atom. The monoisotopic (exact) mass is 626 g/mol. The van der Waals surface area contributed by atoms with Gasteiger partial charge in [0.25, 0.3) is 5.91 Å². The van der Waals surface area contributed by atoms with Crippen molar-refractivity contribution in [3.8, 4) is 0 Å². The number of carbonyl (C=O) groups is 4. The summed E-state index contributed by atoms with van der Waals surface area (Å²) in [4.78, 5) is 56.9. The Bertz CT molecular complexity index is 1550. The molecule has 10 nitrogen and oxygen atoms in total. The Morgan fingerprint density at radius 2 is 1.57 bits per heavy atom. The number of hydrogen-bond donors (Lipinski definition) is 2. The fourth-order valence-electron chi connectivity index (χ4n) is 5.98. The summed E-state index contributed by atoms with van der Waals surface area (Å²) in [6.07, 6.45) is 5.28. The quantitative estimate of drug-likeness (QED) is 0.292. The number of urea groups is 1. The number of benzene rings is 3. The smallest absolute Gasteiger partial charge is 0.338 e. The molecule has 1 fully saturated rings. The van der Waals surface area contributed by atoms with Gasteiger partial charge in [-0.25, -0.2) is 9.59 Å². The predicted octanol–water partition coefficient (Wildman–Crippen LogP) is 6.06. The van der Waals surface area contributed by atoms with Crippen molar-refractivity contribution in [3.63, 3.8) is 0 Å². The number of nitrogens with zero attached hydrogens (tertiary/aromatic N) is 2. The number of anilines is 3. The van der Waals surface area contributed by atoms with E-state index in [1.807, 2.05) is 54.6 Å². The lowest BCUT2D eigenvalue weighted by molar-refractivity contribution is -0.153. The van der Waals surface area contributed by atoms with Crippen molar-refractivity contribution in [2.45, 2.75) is 77.2 Å². The van der Waals surface area contributed by atoms with E-state index in [1.54, 1.807) is 39.0 Å². The Balaban J connectivity index is 1.34. The summed E-state index contributed by atoms with van der Waals surface area (Å²) in [5, 5.41) is 5.62. The van der Waals surface area contributed by atoms with Crippen molar-refractivity contribution >= 4 is 40.9 Å². The van der Waals surface area contributed by atoms with Gasteiger partial charge >= 0.3 is 18.0 Å². The van der Waals surface area contributed by atoms with Crippen LogP contribution in [0.15, 0.2) is 78.9 Å². The van der Waals surface area contributed by atoms with Crippen molar-refractivity contribution < 1.29 is 28.7 Å². The Morgan fingerprint density at radius 3 is 2.28 bits per heavy atom. The van der Waals surface area contributed by atoms with Crippen LogP contribution in [0.2, 0.25) is 0 Å². The average molecular weight is 627 g/mol. The first-order valence-electron chi connectivity index (χ1n) is 15.8. The van der Waals surface area contributed by atoms with Crippen LogP contribution in [0.4, 0.5) is 21.9 Å². The third-order valence-corrected chi connectivity index (χ3v) is 8.02. The van der Waals surface area contributed by atoms with Gasteiger partial charge in [-0.1, -0.05) is 67.8 Å². The SMILES string of the molecule is CC(C)(C)OC(=O)CN1C(=O)C(NC(=O)Nc2cccc(C(=O)OCc3ccccc3)c2)CN(C2CCCCC2)c2ccccc21. The van der Waals surface area contributed by atoms with E-state index in [-0.39, 0.29) is 31.3 Å². The molecule has 0 aromatic heterocycles. The van der Waals surface area contributed by atoms with Crippen molar-refractivity contribution in [2.24, 2.45) is 0 Å². The molecule has 0 spiro atoms. The summed E-state index contributed by atoms with van der Waals surface area (Å²) in [7, 11) is 0. The second-order valence-corrected chi connectivity index (χ2v) is 12.7. The second kappa shape index (κ2) is 14.5. The van der Waals surface area contributed by atoms with Gasteiger partial charge in [0.2, 0.25) is 0 Å². The number of fused-ring (bicyclic) bond motifs is 1. The Labute approximate surface area is 270 Å². The molecule has 1 atom stereocenters. The third-order valence-electron chi connectivity index (χ3n) is 8.02. The number of ether oxygens (including phenoxy) is 2. The van der Waals surface area contributed by atoms with Crippen LogP contribution in [0.5, 0.6) is 0 Å². The maximum Gasteiger partial charge on any atom is 0.338 e. The average Bonchev–Trinajstić information content (AvgIpc) is 3.14. The van der Waals surface area contributed by atoms with Crippen LogP contribution < -0.4 is 20.4 Å². The largest absolute Gasteiger partial charge is 0.459 e. The van der Waals surface area contributed by atoms with E-state index in [4.69, 9.17) is 9.47 Å². The van der Waals surface area contributed by atoms with Crippen LogP contribution in [0, 0.1) is 0 Å². The second-order valence-electron chi connectivity index (χ2n) is 12.7. The number of esters is 2. The highest BCUT2D eigenvalue weighted by molar-refractivity contribution is 6.07. The fraction of sp³-hybridized carbons (Fsp3) is 0.389. The minimum Gasteiger partial charge on any atom is -0.459 e. The van der Waals surface area contributed by atoms with Crippen LogP contribution in [-0.4, -0.2) is 54.7 Å². The minimum atomic E-state index is -0.962. The first-order valence-corrected chi connectivity index (χ1v) is 15.8. The van der Waals surface area contributed by atoms with Gasteiger partial charge in [-0.15, -0.1) is 0 Å². The van der Waals surface area contributed by atoms with Gasteiger partial charge < -0.3 is 25.0 Å². The van der Waals surface area contributed by atoms with Crippen LogP contribution in [0.1, 0.15) is 68.8 Å². The third kappa shape index (κ3) is 8.44. The number of rotatable bonds is 8. The molecule has 1 aliphatic carbocycles. The normalized spacial score (nSPS) is 17.0. The van der Waals surface area contributed by atoms with Crippen LogP contribution >= 0.6 is 0 Å². The van der Waals surface area contributed by atoms with Gasteiger partial charge in [0.1, 0.15) is 24.8 Å². The zero-order valence-electron chi connectivity index (χ0n) is 26.7. The molecule has 1 heterocycles. The molecule has 3 aromatic rings. The van der Waals surface area contributed by atoms with Gasteiger partial charge in [0.05, 0.1) is 16.9 Å². The molecule has 0 saturated heterocycles. The molecule has 1 unspecified atom stereocenters. The number of carbonyl (C=O) groups excluding carboxylic acids is 4. The Kier molecular flexibility index (Phi) is 10.2. The lowest BCUT2D eigenvalue weighted by Crippen LogP contribution is -2.55. The van der Waals surface area contributed by atoms with Gasteiger partial charge in [-0.3, -0.25) is 14.5 Å². The summed E-state index contributed by atoms with van der Waals surface area (Å²) in [5.41, 5.74) is 2.24. The summed E-state index contributed by atoms with van der Waals surface area (Å²) >= 11 is 0. The molecule has 1 saturated carbocycles. The Hall–Kier alpha value is -4.86. The molecule has 1 aliphatic heterocycles. The van der Waals surface area contributed by atoms with Gasteiger partial charge in [-0.05, 0) is 69.5 Å². The molecule has 5 rings (SSSR count). The van der Waals surface area contributed by atoms with E-state index in [1.165, 1.54) is 17.4 Å². The van der Waals surface area contributed by atoms with E-state index in [9.17, 15) is 19.2 Å². The highest BCUT2D eigenvalue weighted by Gasteiger charge is 2.38. The molecule has 46 heavy (non-hydrogen) atoms. The van der Waals surface area contributed by atoms with Gasteiger partial charge in [0, 0.05) is 18.3 Å². The molecular weight excluding hydrogens is 584 g/mol. The predicted molar refractivity (Wildman–Crippen MR) is 177 cm³/mol. The molecule has 0 radical (unpaired) electrons. The van der Waals surface area contributed by atoms with E-state index in [0.717, 1.165) is 36.9 Å². The lowest BCUT2D eigenvalue weighted by Gasteiger charge is -2.37. The summed E-state index contributed by atoms with van der Waals surface area (Å²) in [5.74, 6) is -1.48. The summed E-state index contributed by atoms with van der Waals surface area (Å²) in [6, 6.07) is 22.0. The van der Waals surface area contributed by atoms with Gasteiger partial charge in [0.15, 0.2) is 0 Å². The van der Waals surface area contributed by atoms with Crippen molar-refractivity contribution in [1.29, 1.82) is 0 Å². The van der Waals surface area contributed by atoms with Crippen LogP contribution in [0.3, 0.4) is 0 Å².